The highest BCUT2D eigenvalue weighted by Crippen LogP contribution is 2.35. The number of hydrogen-bond donors (Lipinski definition) is 1. The number of carbonyl (C=O) groups is 2. The van der Waals surface area contributed by atoms with Crippen LogP contribution in [0.25, 0.3) is 0 Å². The molecule has 0 spiro atoms. The Hall–Kier alpha value is -0.730. The largest absolute Gasteiger partial charge is 0.463 e. The normalized spacial score (nSPS) is 14.1. The minimum absolute atomic E-state index is 0.0568. The van der Waals surface area contributed by atoms with Crippen molar-refractivity contribution in [1.82, 2.24) is 5.32 Å². The van der Waals surface area contributed by atoms with Crippen LogP contribution in [0.15, 0.2) is 0 Å². The Kier molecular flexibility index (Phi) is 6.88. The Morgan fingerprint density at radius 2 is 1.74 bits per heavy atom. The fourth-order valence-corrected chi connectivity index (χ4v) is 1.54. The fraction of sp³-hybridized carbons (Fsp3) is 0.800. The molecule has 0 aliphatic carbocycles. The molecule has 0 aromatic carbocycles. The number of hydrogen-bond acceptors (Lipinski definition) is 2. The van der Waals surface area contributed by atoms with Crippen molar-refractivity contribution < 1.29 is 31.5 Å². The first kappa shape index (κ1) is 18.3. The highest BCUT2D eigenvalue weighted by atomic mass is 79.9. The minimum atomic E-state index is -5.95. The molecule has 9 heteroatoms. The average molecular weight is 354 g/mol. The van der Waals surface area contributed by atoms with Gasteiger partial charge in [0.15, 0.2) is 0 Å². The Morgan fingerprint density at radius 3 is 2.11 bits per heavy atom. The van der Waals surface area contributed by atoms with Crippen LogP contribution in [-0.4, -0.2) is 35.2 Å². The standard InChI is InChI=1S/C10H13BrF5NO2/c1-2-3-6(4-7(18)5-11)17-8(19)9(12,13)10(14,15)16/h6H,2-5H2,1H3,(H,17,19). The van der Waals surface area contributed by atoms with Crippen LogP contribution in [-0.2, 0) is 9.59 Å². The van der Waals surface area contributed by atoms with Crippen LogP contribution in [0.5, 0.6) is 0 Å². The minimum Gasteiger partial charge on any atom is -0.347 e. The molecule has 0 fully saturated rings. The molecule has 1 N–H and O–H groups in total. The summed E-state index contributed by atoms with van der Waals surface area (Å²) in [6.07, 6.45) is -5.68. The van der Waals surface area contributed by atoms with Gasteiger partial charge in [0.05, 0.1) is 5.33 Å². The third-order valence-electron chi connectivity index (χ3n) is 2.24. The maximum atomic E-state index is 12.7. The van der Waals surface area contributed by atoms with E-state index in [2.05, 4.69) is 15.9 Å². The van der Waals surface area contributed by atoms with E-state index in [0.29, 0.717) is 6.42 Å². The quantitative estimate of drug-likeness (QED) is 0.565. The van der Waals surface area contributed by atoms with E-state index < -0.39 is 29.8 Å². The fourth-order valence-electron chi connectivity index (χ4n) is 1.31. The second-order valence-electron chi connectivity index (χ2n) is 3.91. The van der Waals surface area contributed by atoms with E-state index in [1.165, 1.54) is 0 Å². The Morgan fingerprint density at radius 1 is 1.21 bits per heavy atom. The molecule has 19 heavy (non-hydrogen) atoms. The molecule has 0 bridgehead atoms. The van der Waals surface area contributed by atoms with Gasteiger partial charge in [-0.2, -0.15) is 22.0 Å². The molecule has 0 rings (SSSR count). The molecule has 0 saturated heterocycles. The predicted octanol–water partition coefficient (Wildman–Crippen LogP) is 2.82. The summed E-state index contributed by atoms with van der Waals surface area (Å²) in [6, 6.07) is -1.03. The molecule has 0 aromatic heterocycles. The molecule has 0 aliphatic rings. The predicted molar refractivity (Wildman–Crippen MR) is 61.3 cm³/mol. The number of amides is 1. The summed E-state index contributed by atoms with van der Waals surface area (Å²) >= 11 is 2.84. The van der Waals surface area contributed by atoms with Crippen LogP contribution < -0.4 is 5.32 Å². The van der Waals surface area contributed by atoms with E-state index in [0.717, 1.165) is 0 Å². The van der Waals surface area contributed by atoms with Crippen molar-refractivity contribution >= 4 is 27.6 Å². The molecule has 0 aromatic rings. The molecule has 0 radical (unpaired) electrons. The lowest BCUT2D eigenvalue weighted by molar-refractivity contribution is -0.270. The first-order chi connectivity index (χ1) is 8.56. The van der Waals surface area contributed by atoms with E-state index >= 15 is 0 Å². The lowest BCUT2D eigenvalue weighted by Crippen LogP contribution is -2.53. The number of alkyl halides is 6. The first-order valence-electron chi connectivity index (χ1n) is 5.39. The number of carbonyl (C=O) groups excluding carboxylic acids is 2. The zero-order valence-electron chi connectivity index (χ0n) is 9.99. The van der Waals surface area contributed by atoms with Crippen molar-refractivity contribution in [2.75, 3.05) is 5.33 Å². The molecule has 0 heterocycles. The summed E-state index contributed by atoms with van der Waals surface area (Å²) in [5.74, 6) is -8.29. The smallest absolute Gasteiger partial charge is 0.347 e. The highest BCUT2D eigenvalue weighted by Gasteiger charge is 2.63. The van der Waals surface area contributed by atoms with Crippen molar-refractivity contribution in [1.29, 1.82) is 0 Å². The van der Waals surface area contributed by atoms with Crippen molar-refractivity contribution in [2.45, 2.75) is 44.3 Å². The zero-order valence-corrected chi connectivity index (χ0v) is 11.6. The molecule has 0 saturated carbocycles. The van der Waals surface area contributed by atoms with Gasteiger partial charge in [0, 0.05) is 12.5 Å². The molecular weight excluding hydrogens is 341 g/mol. The van der Waals surface area contributed by atoms with Crippen molar-refractivity contribution in [3.05, 3.63) is 0 Å². The van der Waals surface area contributed by atoms with Gasteiger partial charge in [-0.15, -0.1) is 0 Å². The maximum Gasteiger partial charge on any atom is 0.463 e. The first-order valence-corrected chi connectivity index (χ1v) is 6.51. The molecular formula is C10H13BrF5NO2. The topological polar surface area (TPSA) is 46.2 Å². The van der Waals surface area contributed by atoms with Gasteiger partial charge in [-0.1, -0.05) is 29.3 Å². The second-order valence-corrected chi connectivity index (χ2v) is 4.47. The molecule has 3 nitrogen and oxygen atoms in total. The monoisotopic (exact) mass is 353 g/mol. The van der Waals surface area contributed by atoms with Gasteiger partial charge in [0.25, 0.3) is 0 Å². The number of nitrogens with one attached hydrogen (secondary N) is 1. The van der Waals surface area contributed by atoms with E-state index in [1.807, 2.05) is 0 Å². The lowest BCUT2D eigenvalue weighted by Gasteiger charge is -2.23. The summed E-state index contributed by atoms with van der Waals surface area (Å²) < 4.78 is 61.3. The zero-order chi connectivity index (χ0) is 15.3. The molecule has 1 unspecified atom stereocenters. The van der Waals surface area contributed by atoms with Gasteiger partial charge in [-0.3, -0.25) is 9.59 Å². The van der Waals surface area contributed by atoms with E-state index in [-0.39, 0.29) is 18.2 Å². The van der Waals surface area contributed by atoms with E-state index in [9.17, 15) is 31.5 Å². The van der Waals surface area contributed by atoms with Crippen molar-refractivity contribution in [3.63, 3.8) is 0 Å². The van der Waals surface area contributed by atoms with Crippen molar-refractivity contribution in [3.8, 4) is 0 Å². The van der Waals surface area contributed by atoms with Crippen LogP contribution in [0.3, 0.4) is 0 Å². The molecule has 0 aliphatic heterocycles. The van der Waals surface area contributed by atoms with Crippen LogP contribution in [0.2, 0.25) is 0 Å². The highest BCUT2D eigenvalue weighted by molar-refractivity contribution is 9.09. The number of ketones is 1. The summed E-state index contributed by atoms with van der Waals surface area (Å²) in [6.45, 7) is 1.65. The van der Waals surface area contributed by atoms with Gasteiger partial charge in [-0.05, 0) is 6.42 Å². The van der Waals surface area contributed by atoms with E-state index in [1.54, 1.807) is 12.2 Å². The molecule has 1 amide bonds. The average Bonchev–Trinajstić information content (AvgIpc) is 2.27. The van der Waals surface area contributed by atoms with Gasteiger partial charge in [0.2, 0.25) is 0 Å². The lowest BCUT2D eigenvalue weighted by atomic mass is 10.1. The summed E-state index contributed by atoms with van der Waals surface area (Å²) in [4.78, 5) is 22.1. The molecule has 112 valence electrons. The van der Waals surface area contributed by atoms with Gasteiger partial charge < -0.3 is 5.32 Å². The van der Waals surface area contributed by atoms with Gasteiger partial charge in [0.1, 0.15) is 5.78 Å². The van der Waals surface area contributed by atoms with E-state index in [4.69, 9.17) is 0 Å². The Bertz CT molecular complexity index is 332. The maximum absolute atomic E-state index is 12.7. The van der Waals surface area contributed by atoms with Gasteiger partial charge in [-0.25, -0.2) is 0 Å². The Balaban J connectivity index is 4.76. The van der Waals surface area contributed by atoms with Crippen molar-refractivity contribution in [2.24, 2.45) is 0 Å². The summed E-state index contributed by atoms with van der Waals surface area (Å²) in [7, 11) is 0. The van der Waals surface area contributed by atoms with Crippen LogP contribution >= 0.6 is 15.9 Å². The molecule has 1 atom stereocenters. The third kappa shape index (κ3) is 5.42. The van der Waals surface area contributed by atoms with Crippen LogP contribution in [0, 0.1) is 0 Å². The van der Waals surface area contributed by atoms with Gasteiger partial charge >= 0.3 is 18.0 Å². The summed E-state index contributed by atoms with van der Waals surface area (Å²) in [5.41, 5.74) is 0. The second kappa shape index (κ2) is 7.16. The number of rotatable bonds is 7. The summed E-state index contributed by atoms with van der Waals surface area (Å²) in [5, 5.41) is 1.52. The number of Topliss-reactive ketones (excluding diaryl/α,β-unsaturated/α-hetero) is 1. The number of halogens is 6. The van der Waals surface area contributed by atoms with Crippen LogP contribution in [0.4, 0.5) is 22.0 Å². The third-order valence-corrected chi connectivity index (χ3v) is 2.86. The Labute approximate surface area is 115 Å². The SMILES string of the molecule is CCCC(CC(=O)CBr)NC(=O)C(F)(F)C(F)(F)F. The van der Waals surface area contributed by atoms with Crippen LogP contribution in [0.1, 0.15) is 26.2 Å².